The number of hydrogen-bond donors (Lipinski definition) is 0. The molecule has 182 valence electrons. The molecule has 0 radical (unpaired) electrons. The molecule has 0 fully saturated rings. The van der Waals surface area contributed by atoms with Gasteiger partial charge in [0.05, 0.1) is 0 Å². The van der Waals surface area contributed by atoms with Crippen LogP contribution in [0.25, 0.3) is 0 Å². The first kappa shape index (κ1) is 30.0. The number of rotatable bonds is 25. The van der Waals surface area contributed by atoms with Crippen molar-refractivity contribution < 1.29 is 0 Å². The van der Waals surface area contributed by atoms with Crippen molar-refractivity contribution in [3.63, 3.8) is 0 Å². The maximum atomic E-state index is 2.47. The molecule has 0 saturated heterocycles. The fourth-order valence-electron chi connectivity index (χ4n) is 5.16. The van der Waals surface area contributed by atoms with Gasteiger partial charge in [0.1, 0.15) is 0 Å². The molecule has 0 aliphatic carbocycles. The van der Waals surface area contributed by atoms with Crippen LogP contribution in [0.2, 0.25) is 0 Å². The Kier molecular flexibility index (Phi) is 25.3. The Morgan fingerprint density at radius 2 is 0.633 bits per heavy atom. The van der Waals surface area contributed by atoms with Crippen molar-refractivity contribution in [3.05, 3.63) is 0 Å². The average Bonchev–Trinajstić information content (AvgIpc) is 2.72. The largest absolute Gasteiger partial charge is 0.0654 e. The molecule has 0 spiro atoms. The minimum absolute atomic E-state index is 0.940. The summed E-state index contributed by atoms with van der Waals surface area (Å²) in [6, 6.07) is 0. The molecule has 0 rings (SSSR count). The normalized spacial score (nSPS) is 13.6. The van der Waals surface area contributed by atoms with Gasteiger partial charge in [-0.3, -0.25) is 0 Å². The van der Waals surface area contributed by atoms with Crippen LogP contribution in [0.3, 0.4) is 0 Å². The zero-order valence-electron chi connectivity index (χ0n) is 22.1. The molecule has 0 heterocycles. The summed E-state index contributed by atoms with van der Waals surface area (Å²) in [4.78, 5) is 0. The summed E-state index contributed by atoms with van der Waals surface area (Å²) in [6.45, 7) is 9.54. The van der Waals surface area contributed by atoms with Crippen molar-refractivity contribution in [2.24, 2.45) is 11.8 Å². The lowest BCUT2D eigenvalue weighted by molar-refractivity contribution is 0.364. The van der Waals surface area contributed by atoms with Crippen molar-refractivity contribution in [2.75, 3.05) is 0 Å². The topological polar surface area (TPSA) is 0 Å². The van der Waals surface area contributed by atoms with Crippen molar-refractivity contribution in [3.8, 4) is 0 Å². The van der Waals surface area contributed by atoms with Crippen LogP contribution < -0.4 is 0 Å². The summed E-state index contributed by atoms with van der Waals surface area (Å²) in [5.41, 5.74) is 0. The van der Waals surface area contributed by atoms with E-state index in [0.29, 0.717) is 0 Å². The Bertz CT molecular complexity index is 294. The lowest BCUT2D eigenvalue weighted by Crippen LogP contribution is -2.03. The average molecular weight is 423 g/mol. The van der Waals surface area contributed by atoms with Gasteiger partial charge < -0.3 is 0 Å². The molecule has 0 N–H and O–H groups in total. The maximum Gasteiger partial charge on any atom is -0.0440 e. The fraction of sp³-hybridized carbons (Fsp3) is 1.00. The first-order valence-electron chi connectivity index (χ1n) is 14.7. The molecule has 0 nitrogen and oxygen atoms in total. The van der Waals surface area contributed by atoms with E-state index in [0.717, 1.165) is 11.8 Å². The second-order valence-electron chi connectivity index (χ2n) is 10.7. The van der Waals surface area contributed by atoms with Crippen LogP contribution in [0.4, 0.5) is 0 Å². The predicted molar refractivity (Wildman–Crippen MR) is 140 cm³/mol. The highest BCUT2D eigenvalue weighted by Crippen LogP contribution is 2.22. The van der Waals surface area contributed by atoms with Gasteiger partial charge in [-0.25, -0.2) is 0 Å². The Morgan fingerprint density at radius 1 is 0.333 bits per heavy atom. The Labute approximate surface area is 193 Å². The number of unbranched alkanes of at least 4 members (excludes halogenated alkanes) is 19. The van der Waals surface area contributed by atoms with Gasteiger partial charge in [-0.2, -0.15) is 0 Å². The van der Waals surface area contributed by atoms with Gasteiger partial charge in [0.2, 0.25) is 0 Å². The van der Waals surface area contributed by atoms with Crippen LogP contribution in [0, 0.1) is 11.8 Å². The second-order valence-corrected chi connectivity index (χ2v) is 10.7. The van der Waals surface area contributed by atoms with E-state index in [1.54, 1.807) is 0 Å². The summed E-state index contributed by atoms with van der Waals surface area (Å²) in [6.07, 6.45) is 35.2. The van der Waals surface area contributed by atoms with E-state index >= 15 is 0 Å². The Hall–Kier alpha value is 0. The highest BCUT2D eigenvalue weighted by atomic mass is 14.1. The van der Waals surface area contributed by atoms with Crippen LogP contribution in [0.1, 0.15) is 182 Å². The molecule has 0 heteroatoms. The molecule has 0 saturated carbocycles. The van der Waals surface area contributed by atoms with Crippen LogP contribution in [-0.2, 0) is 0 Å². The zero-order valence-corrected chi connectivity index (χ0v) is 22.1. The van der Waals surface area contributed by atoms with Crippen molar-refractivity contribution in [2.45, 2.75) is 182 Å². The van der Waals surface area contributed by atoms with Gasteiger partial charge in [0, 0.05) is 0 Å². The molecule has 0 amide bonds. The molecule has 0 bridgehead atoms. The first-order chi connectivity index (χ1) is 14.7. The smallest absolute Gasteiger partial charge is 0.0440 e. The van der Waals surface area contributed by atoms with Crippen LogP contribution in [0.5, 0.6) is 0 Å². The summed E-state index contributed by atoms with van der Waals surface area (Å²) in [5.74, 6) is 1.89. The van der Waals surface area contributed by atoms with E-state index in [2.05, 4.69) is 27.7 Å². The van der Waals surface area contributed by atoms with Crippen LogP contribution in [-0.4, -0.2) is 0 Å². The van der Waals surface area contributed by atoms with Crippen molar-refractivity contribution >= 4 is 0 Å². The Morgan fingerprint density at radius 3 is 0.967 bits per heavy atom. The summed E-state index contributed by atoms with van der Waals surface area (Å²) >= 11 is 0. The zero-order chi connectivity index (χ0) is 22.1. The third-order valence-electron chi connectivity index (χ3n) is 7.14. The summed E-state index contributed by atoms with van der Waals surface area (Å²) in [7, 11) is 0. The maximum absolute atomic E-state index is 2.47. The highest BCUT2D eigenvalue weighted by Gasteiger charge is 2.07. The van der Waals surface area contributed by atoms with Gasteiger partial charge in [-0.05, 0) is 18.3 Å². The minimum atomic E-state index is 0.940. The monoisotopic (exact) mass is 422 g/mol. The second kappa shape index (κ2) is 25.3. The first-order valence-corrected chi connectivity index (χ1v) is 14.7. The van der Waals surface area contributed by atoms with E-state index < -0.39 is 0 Å². The minimum Gasteiger partial charge on any atom is -0.0654 e. The molecular formula is C30H62. The molecule has 0 aliphatic heterocycles. The van der Waals surface area contributed by atoms with Crippen LogP contribution >= 0.6 is 0 Å². The molecule has 0 aromatic carbocycles. The summed E-state index contributed by atoms with van der Waals surface area (Å²) < 4.78 is 0. The van der Waals surface area contributed by atoms with Gasteiger partial charge in [-0.15, -0.1) is 0 Å². The molecule has 0 aromatic heterocycles. The lowest BCUT2D eigenvalue weighted by Gasteiger charge is -2.16. The van der Waals surface area contributed by atoms with E-state index in [4.69, 9.17) is 0 Å². The molecule has 0 aliphatic rings. The quantitative estimate of drug-likeness (QED) is 0.128. The third kappa shape index (κ3) is 24.3. The third-order valence-corrected chi connectivity index (χ3v) is 7.14. The van der Waals surface area contributed by atoms with E-state index in [1.807, 2.05) is 0 Å². The molecule has 0 aromatic rings. The molecule has 2 atom stereocenters. The van der Waals surface area contributed by atoms with Crippen molar-refractivity contribution in [1.29, 1.82) is 0 Å². The fourth-order valence-corrected chi connectivity index (χ4v) is 5.16. The standard InChI is InChI=1S/C30H62/c1-5-7-8-9-10-11-12-13-14-15-16-17-18-19-20-21-22-23-24-25-27-30(4)28-29(3)26-6-2/h29-30H,5-28H2,1-4H3. The SMILES string of the molecule is CCCCCCCCCCCCCCCCCCCCCCC(C)CC(C)CCC. The lowest BCUT2D eigenvalue weighted by atomic mass is 9.90. The van der Waals surface area contributed by atoms with Crippen LogP contribution in [0.15, 0.2) is 0 Å². The Balaban J connectivity index is 3.11. The number of hydrogen-bond acceptors (Lipinski definition) is 0. The summed E-state index contributed by atoms with van der Waals surface area (Å²) in [5, 5.41) is 0. The van der Waals surface area contributed by atoms with Crippen molar-refractivity contribution in [1.82, 2.24) is 0 Å². The molecule has 30 heavy (non-hydrogen) atoms. The van der Waals surface area contributed by atoms with Gasteiger partial charge in [0.25, 0.3) is 0 Å². The highest BCUT2D eigenvalue weighted by molar-refractivity contribution is 4.60. The molecular weight excluding hydrogens is 360 g/mol. The van der Waals surface area contributed by atoms with E-state index in [-0.39, 0.29) is 0 Å². The van der Waals surface area contributed by atoms with Gasteiger partial charge in [-0.1, -0.05) is 175 Å². The van der Waals surface area contributed by atoms with Gasteiger partial charge >= 0.3 is 0 Å². The predicted octanol–water partition coefficient (Wildman–Crippen LogP) is 11.7. The van der Waals surface area contributed by atoms with Gasteiger partial charge in [0.15, 0.2) is 0 Å². The van der Waals surface area contributed by atoms with E-state index in [9.17, 15) is 0 Å². The molecule has 2 unspecified atom stereocenters. The van der Waals surface area contributed by atoms with E-state index in [1.165, 1.54) is 154 Å².